The van der Waals surface area contributed by atoms with E-state index in [0.717, 1.165) is 18.2 Å². The minimum atomic E-state index is -0.882. The van der Waals surface area contributed by atoms with E-state index >= 15 is 0 Å². The molecule has 2 aromatic rings. The van der Waals surface area contributed by atoms with Crippen LogP contribution in [-0.4, -0.2) is 21.6 Å². The van der Waals surface area contributed by atoms with E-state index in [0.29, 0.717) is 5.52 Å². The zero-order chi connectivity index (χ0) is 13.3. The first kappa shape index (κ1) is 13.1. The first-order chi connectivity index (χ1) is 8.56. The molecule has 0 spiro atoms. The highest BCUT2D eigenvalue weighted by Gasteiger charge is 2.19. The Morgan fingerprint density at radius 1 is 1.44 bits per heavy atom. The van der Waals surface area contributed by atoms with Gasteiger partial charge in [0.2, 0.25) is 5.95 Å². The molecule has 0 aliphatic carbocycles. The molecular formula is C12H15F2N3S. The molecule has 2 N–H and O–H groups in total. The standard InChI is InChI=1S/C12H15F2N3S/c1-7(5-6-18-2)17-11-9(16-12(17)15)4-3-8(13)10(11)14/h3-4,7H,5-6H2,1-2H3,(H2,15,16). The molecule has 3 nitrogen and oxygen atoms in total. The van der Waals surface area contributed by atoms with Crippen molar-refractivity contribution in [3.8, 4) is 0 Å². The summed E-state index contributed by atoms with van der Waals surface area (Å²) in [5.74, 6) is -0.603. The van der Waals surface area contributed by atoms with Crippen molar-refractivity contribution in [3.63, 3.8) is 0 Å². The van der Waals surface area contributed by atoms with Gasteiger partial charge in [-0.15, -0.1) is 0 Å². The van der Waals surface area contributed by atoms with E-state index in [9.17, 15) is 8.78 Å². The second-order valence-corrected chi connectivity index (χ2v) is 5.19. The Hall–Kier alpha value is -1.30. The predicted octanol–water partition coefficient (Wildman–Crippen LogP) is 3.21. The molecule has 1 heterocycles. The number of hydrogen-bond acceptors (Lipinski definition) is 3. The maximum Gasteiger partial charge on any atom is 0.201 e. The maximum atomic E-state index is 13.9. The van der Waals surface area contributed by atoms with Crippen molar-refractivity contribution < 1.29 is 8.78 Å². The molecule has 0 aliphatic heterocycles. The summed E-state index contributed by atoms with van der Waals surface area (Å²) in [5.41, 5.74) is 6.35. The molecule has 98 valence electrons. The lowest BCUT2D eigenvalue weighted by Gasteiger charge is -2.15. The summed E-state index contributed by atoms with van der Waals surface area (Å²) < 4.78 is 28.7. The highest BCUT2D eigenvalue weighted by Crippen LogP contribution is 2.28. The van der Waals surface area contributed by atoms with Gasteiger partial charge in [-0.25, -0.2) is 13.8 Å². The fourth-order valence-electron chi connectivity index (χ4n) is 2.00. The smallest absolute Gasteiger partial charge is 0.201 e. The molecule has 2 rings (SSSR count). The molecule has 0 amide bonds. The van der Waals surface area contributed by atoms with Gasteiger partial charge in [-0.2, -0.15) is 11.8 Å². The van der Waals surface area contributed by atoms with Crippen LogP contribution in [0, 0.1) is 11.6 Å². The summed E-state index contributed by atoms with van der Waals surface area (Å²) in [7, 11) is 0. The number of nitrogen functional groups attached to an aromatic ring is 1. The number of benzene rings is 1. The lowest BCUT2D eigenvalue weighted by atomic mass is 10.2. The normalized spacial score (nSPS) is 13.1. The number of nitrogens with zero attached hydrogens (tertiary/aromatic N) is 2. The van der Waals surface area contributed by atoms with Crippen molar-refractivity contribution in [2.24, 2.45) is 0 Å². The molecule has 6 heteroatoms. The number of fused-ring (bicyclic) bond motifs is 1. The monoisotopic (exact) mass is 271 g/mol. The van der Waals surface area contributed by atoms with Crippen LogP contribution in [0.5, 0.6) is 0 Å². The van der Waals surface area contributed by atoms with Crippen molar-refractivity contribution in [2.75, 3.05) is 17.7 Å². The van der Waals surface area contributed by atoms with Crippen LogP contribution in [0.2, 0.25) is 0 Å². The van der Waals surface area contributed by atoms with Gasteiger partial charge in [-0.05, 0) is 37.5 Å². The summed E-state index contributed by atoms with van der Waals surface area (Å²) in [5, 5.41) is 0. The Bertz CT molecular complexity index is 568. The quantitative estimate of drug-likeness (QED) is 0.928. The Morgan fingerprint density at radius 3 is 2.83 bits per heavy atom. The molecule has 0 bridgehead atoms. The van der Waals surface area contributed by atoms with Crippen molar-refractivity contribution in [1.82, 2.24) is 9.55 Å². The molecule has 0 radical (unpaired) electrons. The van der Waals surface area contributed by atoms with Gasteiger partial charge >= 0.3 is 0 Å². The largest absolute Gasteiger partial charge is 0.369 e. The molecule has 1 aromatic heterocycles. The average Bonchev–Trinajstić information content (AvgIpc) is 2.68. The molecule has 0 saturated carbocycles. The Kier molecular flexibility index (Phi) is 3.75. The summed E-state index contributed by atoms with van der Waals surface area (Å²) in [6.07, 6.45) is 2.83. The Morgan fingerprint density at radius 2 is 2.17 bits per heavy atom. The first-order valence-electron chi connectivity index (χ1n) is 5.66. The van der Waals surface area contributed by atoms with E-state index in [4.69, 9.17) is 5.73 Å². The van der Waals surface area contributed by atoms with E-state index < -0.39 is 11.6 Å². The molecule has 0 saturated heterocycles. The van der Waals surface area contributed by atoms with Crippen molar-refractivity contribution in [1.29, 1.82) is 0 Å². The second kappa shape index (κ2) is 5.14. The fourth-order valence-corrected chi connectivity index (χ4v) is 2.58. The van der Waals surface area contributed by atoms with E-state index in [1.807, 2.05) is 13.2 Å². The van der Waals surface area contributed by atoms with Gasteiger partial charge in [0.05, 0.1) is 5.52 Å². The van der Waals surface area contributed by atoms with Crippen LogP contribution < -0.4 is 5.73 Å². The number of thioether (sulfide) groups is 1. The highest BCUT2D eigenvalue weighted by molar-refractivity contribution is 7.98. The molecule has 1 aromatic carbocycles. The number of anilines is 1. The third-order valence-corrected chi connectivity index (χ3v) is 3.59. The SMILES string of the molecule is CSCCC(C)n1c(N)nc2ccc(F)c(F)c21. The van der Waals surface area contributed by atoms with Crippen LogP contribution in [0.3, 0.4) is 0 Å². The minimum absolute atomic E-state index is 0.0150. The molecule has 0 fully saturated rings. The second-order valence-electron chi connectivity index (χ2n) is 4.20. The predicted molar refractivity (Wildman–Crippen MR) is 71.8 cm³/mol. The molecule has 18 heavy (non-hydrogen) atoms. The van der Waals surface area contributed by atoms with E-state index in [2.05, 4.69) is 4.98 Å². The molecule has 0 aliphatic rings. The Balaban J connectivity index is 2.55. The van der Waals surface area contributed by atoms with Gasteiger partial charge in [0.15, 0.2) is 11.6 Å². The number of rotatable bonds is 4. The van der Waals surface area contributed by atoms with Crippen LogP contribution >= 0.6 is 11.8 Å². The molecule has 1 atom stereocenters. The maximum absolute atomic E-state index is 13.9. The average molecular weight is 271 g/mol. The number of aromatic nitrogens is 2. The first-order valence-corrected chi connectivity index (χ1v) is 7.06. The van der Waals surface area contributed by atoms with Crippen LogP contribution in [0.25, 0.3) is 11.0 Å². The van der Waals surface area contributed by atoms with Gasteiger partial charge in [-0.1, -0.05) is 0 Å². The van der Waals surface area contributed by atoms with E-state index in [1.54, 1.807) is 16.3 Å². The van der Waals surface area contributed by atoms with Gasteiger partial charge < -0.3 is 10.3 Å². The molecular weight excluding hydrogens is 256 g/mol. The summed E-state index contributed by atoms with van der Waals surface area (Å²) in [6.45, 7) is 1.93. The summed E-state index contributed by atoms with van der Waals surface area (Å²) in [6, 6.07) is 2.50. The van der Waals surface area contributed by atoms with Crippen molar-refractivity contribution in [3.05, 3.63) is 23.8 Å². The van der Waals surface area contributed by atoms with Crippen LogP contribution in [0.4, 0.5) is 14.7 Å². The van der Waals surface area contributed by atoms with Crippen LogP contribution in [0.1, 0.15) is 19.4 Å². The van der Waals surface area contributed by atoms with E-state index in [1.165, 1.54) is 6.07 Å². The third kappa shape index (κ3) is 2.16. The van der Waals surface area contributed by atoms with Gasteiger partial charge in [0, 0.05) is 6.04 Å². The third-order valence-electron chi connectivity index (χ3n) is 2.95. The molecule has 1 unspecified atom stereocenters. The fraction of sp³-hybridized carbons (Fsp3) is 0.417. The van der Waals surface area contributed by atoms with E-state index in [-0.39, 0.29) is 17.5 Å². The number of hydrogen-bond donors (Lipinski definition) is 1. The van der Waals surface area contributed by atoms with Crippen molar-refractivity contribution in [2.45, 2.75) is 19.4 Å². The summed E-state index contributed by atoms with van der Waals surface area (Å²) >= 11 is 1.70. The number of imidazole rings is 1. The van der Waals surface area contributed by atoms with Crippen LogP contribution in [-0.2, 0) is 0 Å². The minimum Gasteiger partial charge on any atom is -0.369 e. The van der Waals surface area contributed by atoms with Gasteiger partial charge in [0.25, 0.3) is 0 Å². The van der Waals surface area contributed by atoms with Gasteiger partial charge in [0.1, 0.15) is 5.52 Å². The Labute approximate surface area is 108 Å². The number of nitrogens with two attached hydrogens (primary N) is 1. The number of halogens is 2. The highest BCUT2D eigenvalue weighted by atomic mass is 32.2. The lowest BCUT2D eigenvalue weighted by molar-refractivity contribution is 0.499. The van der Waals surface area contributed by atoms with Gasteiger partial charge in [-0.3, -0.25) is 0 Å². The van der Waals surface area contributed by atoms with Crippen LogP contribution in [0.15, 0.2) is 12.1 Å². The summed E-state index contributed by atoms with van der Waals surface area (Å²) in [4.78, 5) is 4.07. The zero-order valence-corrected chi connectivity index (χ0v) is 11.1. The lowest BCUT2D eigenvalue weighted by Crippen LogP contribution is -2.10. The van der Waals surface area contributed by atoms with Crippen molar-refractivity contribution >= 4 is 28.7 Å². The zero-order valence-electron chi connectivity index (χ0n) is 10.3. The topological polar surface area (TPSA) is 43.8 Å².